The number of hydrogen-bond donors (Lipinski definition) is 0. The number of nitrogens with zero attached hydrogens (tertiary/aromatic N) is 3. The van der Waals surface area contributed by atoms with Gasteiger partial charge in [0.1, 0.15) is 11.5 Å². The van der Waals surface area contributed by atoms with E-state index in [0.717, 1.165) is 12.2 Å². The van der Waals surface area contributed by atoms with Crippen LogP contribution < -0.4 is 10.5 Å². The van der Waals surface area contributed by atoms with E-state index in [4.69, 9.17) is 0 Å². The summed E-state index contributed by atoms with van der Waals surface area (Å²) in [5.41, 5.74) is 2.04. The van der Waals surface area contributed by atoms with Crippen LogP contribution in [0.25, 0.3) is 5.65 Å². The van der Waals surface area contributed by atoms with Crippen molar-refractivity contribution < 1.29 is 4.39 Å². The standard InChI is InChI=1S/C17H15BrFN3O/c1-2-21(14-8-6-12(19)7-9-14)11-13-10-17(23)22-15(18)4-3-5-16(22)20-13/h3-10H,2,11H2,1H3. The lowest BCUT2D eigenvalue weighted by Crippen LogP contribution is -2.25. The van der Waals surface area contributed by atoms with Crippen LogP contribution in [-0.4, -0.2) is 15.9 Å². The predicted molar refractivity (Wildman–Crippen MR) is 92.3 cm³/mol. The van der Waals surface area contributed by atoms with E-state index < -0.39 is 0 Å². The minimum absolute atomic E-state index is 0.132. The van der Waals surface area contributed by atoms with Crippen molar-refractivity contribution in [1.82, 2.24) is 9.38 Å². The molecule has 0 atom stereocenters. The van der Waals surface area contributed by atoms with Crippen LogP contribution in [0, 0.1) is 5.82 Å². The van der Waals surface area contributed by atoms with Crippen LogP contribution in [0.2, 0.25) is 0 Å². The fourth-order valence-electron chi connectivity index (χ4n) is 2.48. The molecule has 3 rings (SSSR count). The lowest BCUT2D eigenvalue weighted by atomic mass is 10.2. The first-order chi connectivity index (χ1) is 11.1. The minimum Gasteiger partial charge on any atom is -0.366 e. The third kappa shape index (κ3) is 3.27. The van der Waals surface area contributed by atoms with E-state index in [-0.39, 0.29) is 11.4 Å². The molecule has 0 saturated heterocycles. The van der Waals surface area contributed by atoms with E-state index in [2.05, 4.69) is 20.9 Å². The van der Waals surface area contributed by atoms with E-state index >= 15 is 0 Å². The number of benzene rings is 1. The van der Waals surface area contributed by atoms with Gasteiger partial charge in [-0.25, -0.2) is 9.37 Å². The summed E-state index contributed by atoms with van der Waals surface area (Å²) in [6.07, 6.45) is 0. The third-order valence-corrected chi connectivity index (χ3v) is 4.24. The Bertz CT molecular complexity index is 892. The summed E-state index contributed by atoms with van der Waals surface area (Å²) in [6, 6.07) is 13.3. The fourth-order valence-corrected chi connectivity index (χ4v) is 2.99. The monoisotopic (exact) mass is 375 g/mol. The van der Waals surface area contributed by atoms with Crippen molar-refractivity contribution in [3.63, 3.8) is 0 Å². The molecule has 0 saturated carbocycles. The van der Waals surface area contributed by atoms with Crippen LogP contribution in [0.15, 0.2) is 57.9 Å². The number of rotatable bonds is 4. The summed E-state index contributed by atoms with van der Waals surface area (Å²) in [5.74, 6) is -0.267. The molecule has 0 radical (unpaired) electrons. The predicted octanol–water partition coefficient (Wildman–Crippen LogP) is 3.62. The Morgan fingerprint density at radius 1 is 1.22 bits per heavy atom. The normalized spacial score (nSPS) is 10.9. The average Bonchev–Trinajstić information content (AvgIpc) is 2.53. The van der Waals surface area contributed by atoms with Gasteiger partial charge in [-0.15, -0.1) is 0 Å². The SMILES string of the molecule is CCN(Cc1cc(=O)n2c(Br)cccc2n1)c1ccc(F)cc1. The van der Waals surface area contributed by atoms with Gasteiger partial charge in [0.2, 0.25) is 0 Å². The van der Waals surface area contributed by atoms with Gasteiger partial charge >= 0.3 is 0 Å². The van der Waals surface area contributed by atoms with E-state index in [1.165, 1.54) is 22.6 Å². The molecule has 0 aliphatic carbocycles. The van der Waals surface area contributed by atoms with Crippen molar-refractivity contribution in [2.75, 3.05) is 11.4 Å². The van der Waals surface area contributed by atoms with Crippen LogP contribution in [0.4, 0.5) is 10.1 Å². The first-order valence-corrected chi connectivity index (χ1v) is 8.05. The van der Waals surface area contributed by atoms with Gasteiger partial charge in [-0.3, -0.25) is 9.20 Å². The van der Waals surface area contributed by atoms with Crippen molar-refractivity contribution in [2.24, 2.45) is 0 Å². The highest BCUT2D eigenvalue weighted by Crippen LogP contribution is 2.17. The largest absolute Gasteiger partial charge is 0.366 e. The van der Waals surface area contributed by atoms with Gasteiger partial charge < -0.3 is 4.90 Å². The van der Waals surface area contributed by atoms with Gasteiger partial charge in [0.15, 0.2) is 0 Å². The van der Waals surface area contributed by atoms with Gasteiger partial charge in [0.25, 0.3) is 5.56 Å². The Morgan fingerprint density at radius 2 is 1.96 bits per heavy atom. The van der Waals surface area contributed by atoms with Crippen LogP contribution in [0.1, 0.15) is 12.6 Å². The number of aromatic nitrogens is 2. The zero-order valence-electron chi connectivity index (χ0n) is 12.5. The molecule has 0 amide bonds. The Balaban J connectivity index is 1.97. The van der Waals surface area contributed by atoms with Crippen molar-refractivity contribution in [2.45, 2.75) is 13.5 Å². The molecule has 0 fully saturated rings. The highest BCUT2D eigenvalue weighted by Gasteiger charge is 2.10. The molecule has 118 valence electrons. The molecule has 0 aliphatic heterocycles. The second-order valence-corrected chi connectivity index (χ2v) is 5.93. The van der Waals surface area contributed by atoms with Crippen molar-refractivity contribution >= 4 is 27.3 Å². The maximum absolute atomic E-state index is 13.1. The highest BCUT2D eigenvalue weighted by atomic mass is 79.9. The highest BCUT2D eigenvalue weighted by molar-refractivity contribution is 9.10. The van der Waals surface area contributed by atoms with Crippen molar-refractivity contribution in [3.05, 3.63) is 75.0 Å². The summed E-state index contributed by atoms with van der Waals surface area (Å²) < 4.78 is 15.2. The van der Waals surface area contributed by atoms with E-state index in [9.17, 15) is 9.18 Å². The second-order valence-electron chi connectivity index (χ2n) is 5.12. The Labute approximate surface area is 141 Å². The van der Waals surface area contributed by atoms with Gasteiger partial charge in [-0.2, -0.15) is 0 Å². The van der Waals surface area contributed by atoms with Crippen LogP contribution >= 0.6 is 15.9 Å². The number of pyridine rings is 1. The quantitative estimate of drug-likeness (QED) is 0.653. The maximum Gasteiger partial charge on any atom is 0.259 e. The summed E-state index contributed by atoms with van der Waals surface area (Å²) in [5, 5.41) is 0. The molecule has 0 N–H and O–H groups in total. The third-order valence-electron chi connectivity index (χ3n) is 3.62. The number of anilines is 1. The van der Waals surface area contributed by atoms with Crippen LogP contribution in [-0.2, 0) is 6.54 Å². The fraction of sp³-hybridized carbons (Fsp3) is 0.176. The molecule has 2 heterocycles. The van der Waals surface area contributed by atoms with Crippen molar-refractivity contribution in [1.29, 1.82) is 0 Å². The number of hydrogen-bond acceptors (Lipinski definition) is 3. The molecule has 0 unspecified atom stereocenters. The summed E-state index contributed by atoms with van der Waals surface area (Å²) in [4.78, 5) is 18.9. The maximum atomic E-state index is 13.1. The molecular formula is C17H15BrFN3O. The first-order valence-electron chi connectivity index (χ1n) is 7.26. The van der Waals surface area contributed by atoms with E-state index in [1.807, 2.05) is 17.9 Å². The van der Waals surface area contributed by atoms with E-state index in [0.29, 0.717) is 22.5 Å². The zero-order chi connectivity index (χ0) is 16.4. The molecule has 0 bridgehead atoms. The zero-order valence-corrected chi connectivity index (χ0v) is 14.1. The topological polar surface area (TPSA) is 37.6 Å². The summed E-state index contributed by atoms with van der Waals surface area (Å²) >= 11 is 3.36. The molecule has 6 heteroatoms. The lowest BCUT2D eigenvalue weighted by molar-refractivity contribution is 0.627. The van der Waals surface area contributed by atoms with Crippen LogP contribution in [0.5, 0.6) is 0 Å². The van der Waals surface area contributed by atoms with Gasteiger partial charge in [0.05, 0.1) is 16.8 Å². The van der Waals surface area contributed by atoms with Crippen LogP contribution in [0.3, 0.4) is 0 Å². The Hall–Kier alpha value is -2.21. The Kier molecular flexibility index (Phi) is 4.43. The Morgan fingerprint density at radius 3 is 2.65 bits per heavy atom. The molecule has 23 heavy (non-hydrogen) atoms. The smallest absolute Gasteiger partial charge is 0.259 e. The minimum atomic E-state index is -0.267. The number of halogens is 2. The van der Waals surface area contributed by atoms with Gasteiger partial charge in [0, 0.05) is 18.3 Å². The lowest BCUT2D eigenvalue weighted by Gasteiger charge is -2.22. The van der Waals surface area contributed by atoms with Crippen molar-refractivity contribution in [3.8, 4) is 0 Å². The van der Waals surface area contributed by atoms with Gasteiger partial charge in [-0.05, 0) is 59.3 Å². The molecule has 1 aromatic carbocycles. The molecule has 2 aromatic heterocycles. The van der Waals surface area contributed by atoms with Gasteiger partial charge in [-0.1, -0.05) is 6.07 Å². The summed E-state index contributed by atoms with van der Waals surface area (Å²) in [6.45, 7) is 3.22. The first kappa shape index (κ1) is 15.7. The second kappa shape index (κ2) is 6.50. The molecular weight excluding hydrogens is 361 g/mol. The average molecular weight is 376 g/mol. The molecule has 3 aromatic rings. The molecule has 4 nitrogen and oxygen atoms in total. The van der Waals surface area contributed by atoms with E-state index in [1.54, 1.807) is 24.3 Å². The molecule has 0 aliphatic rings. The number of fused-ring (bicyclic) bond motifs is 1. The summed E-state index contributed by atoms with van der Waals surface area (Å²) in [7, 11) is 0. The molecule has 0 spiro atoms.